The van der Waals surface area contributed by atoms with Gasteiger partial charge in [0, 0.05) is 12.4 Å². The van der Waals surface area contributed by atoms with Gasteiger partial charge in [-0.25, -0.2) is 9.97 Å². The highest BCUT2D eigenvalue weighted by atomic mass is 32.2. The van der Waals surface area contributed by atoms with Gasteiger partial charge >= 0.3 is 0 Å². The lowest BCUT2D eigenvalue weighted by atomic mass is 10.3. The van der Waals surface area contributed by atoms with Gasteiger partial charge in [-0.2, -0.15) is 5.26 Å². The maximum absolute atomic E-state index is 10.9. The second kappa shape index (κ2) is 4.72. The minimum Gasteiger partial charge on any atom is -0.299 e. The van der Waals surface area contributed by atoms with Crippen LogP contribution in [0, 0.1) is 11.3 Å². The molecule has 0 radical (unpaired) electrons. The number of hydrogen-bond donors (Lipinski definition) is 0. The SMILES string of the molecule is CC(=O)C(C)Sc1ncc(C#N)cn1. The maximum atomic E-state index is 10.9. The predicted molar refractivity (Wildman–Crippen MR) is 52.7 cm³/mol. The molecule has 0 N–H and O–H groups in total. The van der Waals surface area contributed by atoms with Gasteiger partial charge in [-0.1, -0.05) is 11.8 Å². The molecule has 0 fully saturated rings. The van der Waals surface area contributed by atoms with Gasteiger partial charge in [-0.15, -0.1) is 0 Å². The van der Waals surface area contributed by atoms with E-state index in [0.717, 1.165) is 0 Å². The normalized spacial score (nSPS) is 11.8. The van der Waals surface area contributed by atoms with Crippen LogP contribution < -0.4 is 0 Å². The molecule has 1 aromatic rings. The fourth-order valence-electron chi connectivity index (χ4n) is 0.676. The first kappa shape index (κ1) is 10.7. The van der Waals surface area contributed by atoms with E-state index in [4.69, 9.17) is 5.26 Å². The Balaban J connectivity index is 2.70. The number of carbonyl (C=O) groups excluding carboxylic acids is 1. The van der Waals surface area contributed by atoms with Gasteiger partial charge in [-0.3, -0.25) is 4.79 Å². The third-order valence-electron chi connectivity index (χ3n) is 1.61. The summed E-state index contributed by atoms with van der Waals surface area (Å²) in [6.07, 6.45) is 2.89. The number of rotatable bonds is 3. The fourth-order valence-corrected chi connectivity index (χ4v) is 1.39. The average molecular weight is 207 g/mol. The van der Waals surface area contributed by atoms with Gasteiger partial charge in [0.15, 0.2) is 5.16 Å². The van der Waals surface area contributed by atoms with Crippen molar-refractivity contribution in [2.75, 3.05) is 0 Å². The summed E-state index contributed by atoms with van der Waals surface area (Å²) in [5, 5.41) is 8.88. The van der Waals surface area contributed by atoms with Gasteiger partial charge in [0.1, 0.15) is 11.9 Å². The summed E-state index contributed by atoms with van der Waals surface area (Å²) in [4.78, 5) is 18.8. The van der Waals surface area contributed by atoms with Crippen molar-refractivity contribution >= 4 is 17.5 Å². The Morgan fingerprint density at radius 2 is 2.14 bits per heavy atom. The van der Waals surface area contributed by atoms with E-state index in [2.05, 4.69) is 9.97 Å². The maximum Gasteiger partial charge on any atom is 0.188 e. The van der Waals surface area contributed by atoms with E-state index in [1.54, 1.807) is 6.92 Å². The van der Waals surface area contributed by atoms with E-state index < -0.39 is 0 Å². The van der Waals surface area contributed by atoms with E-state index in [0.29, 0.717) is 10.7 Å². The van der Waals surface area contributed by atoms with Crippen LogP contribution in [0.25, 0.3) is 0 Å². The summed E-state index contributed by atoms with van der Waals surface area (Å²) in [7, 11) is 0. The second-order valence-corrected chi connectivity index (χ2v) is 4.04. The van der Waals surface area contributed by atoms with Crippen molar-refractivity contribution in [3.63, 3.8) is 0 Å². The number of carbonyl (C=O) groups is 1. The minimum absolute atomic E-state index is 0.0861. The van der Waals surface area contributed by atoms with Crippen LogP contribution >= 0.6 is 11.8 Å². The Bertz CT molecular complexity index is 369. The highest BCUT2D eigenvalue weighted by Crippen LogP contribution is 2.18. The van der Waals surface area contributed by atoms with E-state index in [1.807, 2.05) is 6.07 Å². The first-order valence-corrected chi connectivity index (χ1v) is 4.90. The number of Topliss-reactive ketones (excluding diaryl/α,β-unsaturated/α-hetero) is 1. The quantitative estimate of drug-likeness (QED) is 0.554. The molecule has 0 saturated carbocycles. The summed E-state index contributed by atoms with van der Waals surface area (Å²) < 4.78 is 0. The zero-order chi connectivity index (χ0) is 10.6. The lowest BCUT2D eigenvalue weighted by Gasteiger charge is -2.04. The Labute approximate surface area is 86.4 Å². The molecule has 0 spiro atoms. The molecule has 1 aromatic heterocycles. The highest BCUT2D eigenvalue weighted by molar-refractivity contribution is 8.00. The minimum atomic E-state index is -0.150. The molecule has 72 valence electrons. The van der Waals surface area contributed by atoms with Crippen molar-refractivity contribution in [2.45, 2.75) is 24.3 Å². The second-order valence-electron chi connectivity index (χ2n) is 2.74. The molecule has 1 atom stereocenters. The number of nitriles is 1. The first-order valence-electron chi connectivity index (χ1n) is 4.02. The number of thioether (sulfide) groups is 1. The molecule has 0 amide bonds. The predicted octanol–water partition coefficient (Wildman–Crippen LogP) is 1.42. The van der Waals surface area contributed by atoms with Crippen molar-refractivity contribution in [3.8, 4) is 6.07 Å². The fraction of sp³-hybridized carbons (Fsp3) is 0.333. The lowest BCUT2D eigenvalue weighted by molar-refractivity contribution is -0.116. The molecule has 0 saturated heterocycles. The smallest absolute Gasteiger partial charge is 0.188 e. The van der Waals surface area contributed by atoms with Crippen LogP contribution in [-0.2, 0) is 4.79 Å². The van der Waals surface area contributed by atoms with Crippen LogP contribution in [0.1, 0.15) is 19.4 Å². The zero-order valence-electron chi connectivity index (χ0n) is 7.89. The monoisotopic (exact) mass is 207 g/mol. The van der Waals surface area contributed by atoms with Crippen LogP contribution in [0.2, 0.25) is 0 Å². The van der Waals surface area contributed by atoms with Crippen LogP contribution in [0.15, 0.2) is 17.6 Å². The third-order valence-corrected chi connectivity index (χ3v) is 2.72. The summed E-state index contributed by atoms with van der Waals surface area (Å²) >= 11 is 1.29. The van der Waals surface area contributed by atoms with Crippen LogP contribution in [0.5, 0.6) is 0 Å². The molecule has 1 heterocycles. The third kappa shape index (κ3) is 2.82. The topological polar surface area (TPSA) is 66.6 Å². The standard InChI is InChI=1S/C9H9N3OS/c1-6(13)7(2)14-9-11-4-8(3-10)5-12-9/h4-5,7H,1-2H3. The number of aromatic nitrogens is 2. The van der Waals surface area contributed by atoms with Crippen LogP contribution in [0.3, 0.4) is 0 Å². The molecule has 0 aromatic carbocycles. The van der Waals surface area contributed by atoms with Gasteiger partial charge < -0.3 is 0 Å². The van der Waals surface area contributed by atoms with Crippen molar-refractivity contribution < 1.29 is 4.79 Å². The molecule has 0 bridgehead atoms. The molecule has 14 heavy (non-hydrogen) atoms. The number of hydrogen-bond acceptors (Lipinski definition) is 5. The molecule has 0 aliphatic rings. The molecular formula is C9H9N3OS. The molecule has 5 heteroatoms. The van der Waals surface area contributed by atoms with E-state index >= 15 is 0 Å². The lowest BCUT2D eigenvalue weighted by Crippen LogP contribution is -2.08. The average Bonchev–Trinajstić information content (AvgIpc) is 2.19. The molecule has 4 nitrogen and oxygen atoms in total. The van der Waals surface area contributed by atoms with Crippen LogP contribution in [0.4, 0.5) is 0 Å². The molecule has 1 unspecified atom stereocenters. The highest BCUT2D eigenvalue weighted by Gasteiger charge is 2.10. The number of ketones is 1. The summed E-state index contributed by atoms with van der Waals surface area (Å²) in [5.41, 5.74) is 0.421. The summed E-state index contributed by atoms with van der Waals surface area (Å²) in [6, 6.07) is 1.93. The first-order chi connectivity index (χ1) is 6.63. The zero-order valence-corrected chi connectivity index (χ0v) is 8.71. The van der Waals surface area contributed by atoms with E-state index in [1.165, 1.54) is 31.1 Å². The van der Waals surface area contributed by atoms with E-state index in [-0.39, 0.29) is 11.0 Å². The Kier molecular flexibility index (Phi) is 3.60. The Hall–Kier alpha value is -1.41. The van der Waals surface area contributed by atoms with Crippen molar-refractivity contribution in [1.29, 1.82) is 5.26 Å². The largest absolute Gasteiger partial charge is 0.299 e. The van der Waals surface area contributed by atoms with Gasteiger partial charge in [0.2, 0.25) is 0 Å². The molecule has 0 aliphatic carbocycles. The van der Waals surface area contributed by atoms with E-state index in [9.17, 15) is 4.79 Å². The molecule has 1 rings (SSSR count). The Morgan fingerprint density at radius 3 is 2.57 bits per heavy atom. The Morgan fingerprint density at radius 1 is 1.57 bits per heavy atom. The van der Waals surface area contributed by atoms with Crippen molar-refractivity contribution in [3.05, 3.63) is 18.0 Å². The van der Waals surface area contributed by atoms with Gasteiger partial charge in [0.25, 0.3) is 0 Å². The van der Waals surface area contributed by atoms with Gasteiger partial charge in [0.05, 0.1) is 10.8 Å². The number of nitrogens with zero attached hydrogens (tertiary/aromatic N) is 3. The van der Waals surface area contributed by atoms with Gasteiger partial charge in [-0.05, 0) is 13.8 Å². The van der Waals surface area contributed by atoms with Crippen molar-refractivity contribution in [1.82, 2.24) is 9.97 Å². The van der Waals surface area contributed by atoms with Crippen LogP contribution in [-0.4, -0.2) is 21.0 Å². The summed E-state index contributed by atoms with van der Waals surface area (Å²) in [5.74, 6) is 0.0861. The molecular weight excluding hydrogens is 198 g/mol. The molecule has 0 aliphatic heterocycles. The van der Waals surface area contributed by atoms with Crippen molar-refractivity contribution in [2.24, 2.45) is 0 Å². The summed E-state index contributed by atoms with van der Waals surface area (Å²) in [6.45, 7) is 3.33.